The van der Waals surface area contributed by atoms with E-state index >= 15 is 0 Å². The fourth-order valence-electron chi connectivity index (χ4n) is 0.0747. The zero-order valence-electron chi connectivity index (χ0n) is 5.12. The Bertz CT molecular complexity index is 89.1. The summed E-state index contributed by atoms with van der Waals surface area (Å²) in [6.45, 7) is 4.00. The van der Waals surface area contributed by atoms with Crippen LogP contribution in [0.15, 0.2) is 0 Å². The molecule has 0 aliphatic carbocycles. The van der Waals surface area contributed by atoms with Crippen molar-refractivity contribution in [3.8, 4) is 0 Å². The van der Waals surface area contributed by atoms with Gasteiger partial charge in [-0.3, -0.25) is 9.13 Å². The molecule has 0 aromatic rings. The van der Waals surface area contributed by atoms with Crippen molar-refractivity contribution in [2.75, 3.05) is 0 Å². The molecular weight excluding hydrogens is 166 g/mol. The molecule has 2 atom stereocenters. The summed E-state index contributed by atoms with van der Waals surface area (Å²) in [6.07, 6.45) is 0. The summed E-state index contributed by atoms with van der Waals surface area (Å²) in [6, 6.07) is 0. The van der Waals surface area contributed by atoms with Crippen molar-refractivity contribution in [2.45, 2.75) is 13.8 Å². The molecule has 0 radical (unpaired) electrons. The fourth-order valence-corrected chi connectivity index (χ4v) is 0.672. The monoisotopic (exact) mass is 176 g/mol. The molecule has 58 valence electrons. The Morgan fingerprint density at radius 2 is 1.33 bits per heavy atom. The van der Waals surface area contributed by atoms with Crippen LogP contribution in [0.3, 0.4) is 0 Å². The van der Waals surface area contributed by atoms with Crippen molar-refractivity contribution in [1.29, 1.82) is 0 Å². The maximum absolute atomic E-state index is 9.44. The van der Waals surface area contributed by atoms with Crippen LogP contribution in [-0.4, -0.2) is 9.79 Å². The maximum Gasteiger partial charge on any atom is 0.323 e. The van der Waals surface area contributed by atoms with E-state index in [2.05, 4.69) is 4.31 Å². The molecule has 0 bridgehead atoms. The fraction of sp³-hybridized carbons (Fsp3) is 1.00. The molecule has 5 nitrogen and oxygen atoms in total. The van der Waals surface area contributed by atoms with Gasteiger partial charge in [0.15, 0.2) is 0 Å². The van der Waals surface area contributed by atoms with Crippen molar-refractivity contribution >= 4 is 16.5 Å². The van der Waals surface area contributed by atoms with Crippen molar-refractivity contribution in [3.63, 3.8) is 0 Å². The minimum absolute atomic E-state index is 2.00. The summed E-state index contributed by atoms with van der Waals surface area (Å²) in [5.74, 6) is 0. The molecule has 7 heteroatoms. The second kappa shape index (κ2) is 8.34. The Morgan fingerprint density at radius 3 is 1.33 bits per heavy atom. The zero-order valence-corrected chi connectivity index (χ0v) is 7.12. The number of hydrogen-bond donors (Lipinski definition) is 2. The normalized spacial score (nSPS) is 15.1. The Balaban J connectivity index is 0. The van der Waals surface area contributed by atoms with E-state index in [1.165, 1.54) is 0 Å². The van der Waals surface area contributed by atoms with E-state index in [0.29, 0.717) is 0 Å². The Kier molecular flexibility index (Phi) is 11.2. The van der Waals surface area contributed by atoms with Gasteiger partial charge in [0, 0.05) is 0 Å². The highest BCUT2D eigenvalue weighted by atomic mass is 31.2. The third-order valence-corrected chi connectivity index (χ3v) is 1.57. The minimum atomic E-state index is -3.20. The van der Waals surface area contributed by atoms with Crippen LogP contribution in [0.1, 0.15) is 13.8 Å². The van der Waals surface area contributed by atoms with Gasteiger partial charge in [-0.25, -0.2) is 4.31 Å². The van der Waals surface area contributed by atoms with Crippen LogP contribution >= 0.6 is 16.5 Å². The molecule has 0 fully saturated rings. The molecule has 0 heterocycles. The second-order valence-electron chi connectivity index (χ2n) is 0.634. The first-order chi connectivity index (χ1) is 4.13. The molecular formula is C2H10O5P2. The lowest BCUT2D eigenvalue weighted by molar-refractivity contribution is 0.371. The maximum atomic E-state index is 9.44. The Hall–Kier alpha value is 0.340. The van der Waals surface area contributed by atoms with Crippen LogP contribution < -0.4 is 0 Å². The lowest BCUT2D eigenvalue weighted by atomic mass is 11.0. The summed E-state index contributed by atoms with van der Waals surface area (Å²) in [7, 11) is -6.40. The summed E-state index contributed by atoms with van der Waals surface area (Å²) >= 11 is 0. The van der Waals surface area contributed by atoms with E-state index in [1.807, 2.05) is 13.8 Å². The van der Waals surface area contributed by atoms with Crippen LogP contribution in [-0.2, 0) is 13.4 Å². The van der Waals surface area contributed by atoms with E-state index in [-0.39, 0.29) is 0 Å². The van der Waals surface area contributed by atoms with Gasteiger partial charge in [0.1, 0.15) is 0 Å². The third-order valence-electron chi connectivity index (χ3n) is 0.175. The first-order valence-corrected chi connectivity index (χ1v) is 4.79. The van der Waals surface area contributed by atoms with Crippen molar-refractivity contribution < 1.29 is 23.2 Å². The summed E-state index contributed by atoms with van der Waals surface area (Å²) in [5.41, 5.74) is 0. The summed E-state index contributed by atoms with van der Waals surface area (Å²) in [5, 5.41) is 0. The van der Waals surface area contributed by atoms with Crippen molar-refractivity contribution in [3.05, 3.63) is 0 Å². The smallest absolute Gasteiger partial charge is 0.323 e. The van der Waals surface area contributed by atoms with Gasteiger partial charge in [0.2, 0.25) is 0 Å². The molecule has 0 aromatic heterocycles. The second-order valence-corrected chi connectivity index (χ2v) is 2.51. The molecule has 0 amide bonds. The molecule has 0 aliphatic heterocycles. The lowest BCUT2D eigenvalue weighted by Crippen LogP contribution is -1.58. The van der Waals surface area contributed by atoms with Crippen LogP contribution in [0.5, 0.6) is 0 Å². The average Bonchev–Trinajstić information content (AvgIpc) is 1.68. The van der Waals surface area contributed by atoms with Gasteiger partial charge in [-0.15, -0.1) is 0 Å². The topological polar surface area (TPSA) is 83.8 Å². The Morgan fingerprint density at radius 1 is 1.11 bits per heavy atom. The molecule has 2 N–H and O–H groups in total. The van der Waals surface area contributed by atoms with Crippen LogP contribution in [0.4, 0.5) is 0 Å². The van der Waals surface area contributed by atoms with Crippen molar-refractivity contribution in [1.82, 2.24) is 0 Å². The Labute approximate surface area is 54.6 Å². The van der Waals surface area contributed by atoms with Gasteiger partial charge in [0.05, 0.1) is 0 Å². The van der Waals surface area contributed by atoms with Gasteiger partial charge < -0.3 is 9.79 Å². The summed E-state index contributed by atoms with van der Waals surface area (Å²) < 4.78 is 22.3. The number of hydrogen-bond acceptors (Lipinski definition) is 3. The lowest BCUT2D eigenvalue weighted by Gasteiger charge is -1.86. The highest BCUT2D eigenvalue weighted by molar-refractivity contribution is 7.46. The molecule has 2 unspecified atom stereocenters. The van der Waals surface area contributed by atoms with E-state index < -0.39 is 16.5 Å². The van der Waals surface area contributed by atoms with Crippen LogP contribution in [0.2, 0.25) is 0 Å². The standard InChI is InChI=1S/C2H6.H4O5P2/c1-2;1-6(2)5-7(3)4/h1-2H3;6-7H,(H,1,2)(H,3,4). The predicted octanol–water partition coefficient (Wildman–Crippen LogP) is 0.793. The quantitative estimate of drug-likeness (QED) is 0.607. The van der Waals surface area contributed by atoms with E-state index in [0.717, 1.165) is 0 Å². The molecule has 0 aliphatic rings. The van der Waals surface area contributed by atoms with Gasteiger partial charge in [-0.2, -0.15) is 0 Å². The molecule has 0 spiro atoms. The van der Waals surface area contributed by atoms with Crippen LogP contribution in [0, 0.1) is 0 Å². The van der Waals surface area contributed by atoms with Crippen LogP contribution in [0.25, 0.3) is 0 Å². The van der Waals surface area contributed by atoms with E-state index in [9.17, 15) is 9.13 Å². The zero-order chi connectivity index (χ0) is 7.86. The van der Waals surface area contributed by atoms with E-state index in [1.54, 1.807) is 0 Å². The molecule has 0 aromatic carbocycles. The first kappa shape index (κ1) is 12.1. The minimum Gasteiger partial charge on any atom is -0.326 e. The molecule has 0 saturated heterocycles. The number of rotatable bonds is 2. The highest BCUT2D eigenvalue weighted by Gasteiger charge is 1.93. The SMILES string of the molecule is CC.O=[PH](O)O[PH](=O)O. The largest absolute Gasteiger partial charge is 0.326 e. The molecule has 0 saturated carbocycles. The van der Waals surface area contributed by atoms with Crippen molar-refractivity contribution in [2.24, 2.45) is 0 Å². The highest BCUT2D eigenvalue weighted by Crippen LogP contribution is 2.30. The molecule has 9 heavy (non-hydrogen) atoms. The van der Waals surface area contributed by atoms with E-state index in [4.69, 9.17) is 9.79 Å². The third kappa shape index (κ3) is 17.8. The average molecular weight is 176 g/mol. The first-order valence-electron chi connectivity index (χ1n) is 2.26. The predicted molar refractivity (Wildman–Crippen MR) is 34.9 cm³/mol. The van der Waals surface area contributed by atoms with Gasteiger partial charge in [-0.05, 0) is 0 Å². The molecule has 0 rings (SSSR count). The van der Waals surface area contributed by atoms with Gasteiger partial charge >= 0.3 is 16.5 Å². The van der Waals surface area contributed by atoms with Gasteiger partial charge in [-0.1, -0.05) is 13.8 Å². The van der Waals surface area contributed by atoms with Gasteiger partial charge in [0.25, 0.3) is 0 Å². The summed E-state index contributed by atoms with van der Waals surface area (Å²) in [4.78, 5) is 15.4.